The lowest BCUT2D eigenvalue weighted by molar-refractivity contribution is 0.429. The molecule has 0 amide bonds. The minimum Gasteiger partial charge on any atom is -0.399 e. The summed E-state index contributed by atoms with van der Waals surface area (Å²) in [5, 5.41) is 3.74. The lowest BCUT2D eigenvalue weighted by Gasteiger charge is -1.99. The number of aromatic nitrogens is 2. The van der Waals surface area contributed by atoms with Gasteiger partial charge in [-0.2, -0.15) is 4.98 Å². The van der Waals surface area contributed by atoms with Gasteiger partial charge >= 0.3 is 0 Å². The van der Waals surface area contributed by atoms with Crippen molar-refractivity contribution in [3.63, 3.8) is 0 Å². The highest BCUT2D eigenvalue weighted by atomic mass is 19.1. The van der Waals surface area contributed by atoms with Crippen LogP contribution in [-0.2, 0) is 0 Å². The second-order valence-corrected chi connectivity index (χ2v) is 4.63. The van der Waals surface area contributed by atoms with Crippen LogP contribution in [0.5, 0.6) is 0 Å². The van der Waals surface area contributed by atoms with E-state index in [0.717, 1.165) is 0 Å². The number of anilines is 1. The Balaban J connectivity index is 2.03. The quantitative estimate of drug-likeness (QED) is 0.732. The van der Waals surface area contributed by atoms with Gasteiger partial charge in [-0.1, -0.05) is 17.3 Å². The summed E-state index contributed by atoms with van der Waals surface area (Å²) < 4.78 is 32.3. The maximum Gasteiger partial charge on any atom is 0.261 e. The van der Waals surface area contributed by atoms with E-state index in [0.29, 0.717) is 16.8 Å². The van der Waals surface area contributed by atoms with Crippen molar-refractivity contribution < 1.29 is 13.3 Å². The van der Waals surface area contributed by atoms with Gasteiger partial charge in [0.05, 0.1) is 5.56 Å². The summed E-state index contributed by atoms with van der Waals surface area (Å²) >= 11 is 0. The number of rotatable bonds is 2. The fraction of sp³-hybridized carbons (Fsp3) is 0.0667. The third-order valence-electron chi connectivity index (χ3n) is 3.08. The highest BCUT2D eigenvalue weighted by Gasteiger charge is 2.15. The van der Waals surface area contributed by atoms with Crippen LogP contribution in [0.25, 0.3) is 22.8 Å². The average molecular weight is 287 g/mol. The molecule has 0 aliphatic carbocycles. The molecule has 3 rings (SSSR count). The first-order valence-electron chi connectivity index (χ1n) is 6.20. The van der Waals surface area contributed by atoms with Crippen molar-refractivity contribution in [1.82, 2.24) is 10.1 Å². The highest BCUT2D eigenvalue weighted by molar-refractivity contribution is 5.63. The lowest BCUT2D eigenvalue weighted by Crippen LogP contribution is -1.90. The largest absolute Gasteiger partial charge is 0.399 e. The van der Waals surface area contributed by atoms with Gasteiger partial charge in [0.1, 0.15) is 11.6 Å². The zero-order valence-corrected chi connectivity index (χ0v) is 11.1. The molecule has 0 bridgehead atoms. The molecule has 0 atom stereocenters. The van der Waals surface area contributed by atoms with Crippen molar-refractivity contribution in [2.45, 2.75) is 6.92 Å². The van der Waals surface area contributed by atoms with Crippen LogP contribution in [0, 0.1) is 18.6 Å². The van der Waals surface area contributed by atoms with E-state index in [9.17, 15) is 8.78 Å². The van der Waals surface area contributed by atoms with Crippen molar-refractivity contribution in [1.29, 1.82) is 0 Å². The summed E-state index contributed by atoms with van der Waals surface area (Å²) in [5.41, 5.74) is 7.08. The number of nitrogens with zero attached hydrogens (tertiary/aromatic N) is 2. The molecule has 21 heavy (non-hydrogen) atoms. The molecule has 0 spiro atoms. The molecule has 0 fully saturated rings. The Bertz CT molecular complexity index is 814. The van der Waals surface area contributed by atoms with Gasteiger partial charge in [0.15, 0.2) is 0 Å². The summed E-state index contributed by atoms with van der Waals surface area (Å²) in [6.07, 6.45) is 0. The van der Waals surface area contributed by atoms with Crippen LogP contribution in [0.15, 0.2) is 40.9 Å². The Kier molecular flexibility index (Phi) is 3.13. The Hall–Kier alpha value is -2.76. The Morgan fingerprint density at radius 1 is 1.05 bits per heavy atom. The zero-order valence-electron chi connectivity index (χ0n) is 11.1. The maximum absolute atomic E-state index is 13.7. The van der Waals surface area contributed by atoms with Crippen molar-refractivity contribution in [3.05, 3.63) is 53.6 Å². The first-order valence-corrected chi connectivity index (χ1v) is 6.20. The van der Waals surface area contributed by atoms with Gasteiger partial charge in [-0.15, -0.1) is 0 Å². The molecule has 3 aromatic rings. The van der Waals surface area contributed by atoms with E-state index in [1.54, 1.807) is 19.1 Å². The third-order valence-corrected chi connectivity index (χ3v) is 3.08. The predicted octanol–water partition coefficient (Wildman–Crippen LogP) is 3.57. The number of halogens is 2. The van der Waals surface area contributed by atoms with E-state index >= 15 is 0 Å². The number of hydrogen-bond donors (Lipinski definition) is 1. The Labute approximate surface area is 119 Å². The van der Waals surface area contributed by atoms with Gasteiger partial charge in [-0.3, -0.25) is 0 Å². The summed E-state index contributed by atoms with van der Waals surface area (Å²) in [7, 11) is 0. The van der Waals surface area contributed by atoms with Gasteiger partial charge < -0.3 is 10.3 Å². The standard InChI is InChI=1S/C15H11F2N3O/c1-8-2-3-9(6-13(8)17)14-19-15(21-20-14)11-7-10(18)4-5-12(11)16/h2-7H,18H2,1H3. The molecule has 0 radical (unpaired) electrons. The fourth-order valence-electron chi connectivity index (χ4n) is 1.89. The summed E-state index contributed by atoms with van der Waals surface area (Å²) in [5.74, 6) is -0.704. The molecular formula is C15H11F2N3O. The lowest BCUT2D eigenvalue weighted by atomic mass is 10.1. The van der Waals surface area contributed by atoms with Crippen molar-refractivity contribution in [2.24, 2.45) is 0 Å². The van der Waals surface area contributed by atoms with E-state index in [1.165, 1.54) is 24.3 Å². The van der Waals surface area contributed by atoms with Crippen LogP contribution in [0.1, 0.15) is 5.56 Å². The average Bonchev–Trinajstić information content (AvgIpc) is 2.94. The smallest absolute Gasteiger partial charge is 0.261 e. The third kappa shape index (κ3) is 2.47. The molecule has 0 aliphatic heterocycles. The van der Waals surface area contributed by atoms with Gasteiger partial charge in [0.2, 0.25) is 5.82 Å². The molecule has 1 heterocycles. The van der Waals surface area contributed by atoms with Crippen LogP contribution < -0.4 is 5.73 Å². The van der Waals surface area contributed by atoms with Gasteiger partial charge in [0.25, 0.3) is 5.89 Å². The molecule has 2 aromatic carbocycles. The van der Waals surface area contributed by atoms with Crippen LogP contribution in [0.3, 0.4) is 0 Å². The number of nitrogens with two attached hydrogens (primary N) is 1. The van der Waals surface area contributed by atoms with Crippen LogP contribution in [-0.4, -0.2) is 10.1 Å². The normalized spacial score (nSPS) is 10.8. The topological polar surface area (TPSA) is 64.9 Å². The molecule has 0 unspecified atom stereocenters. The monoisotopic (exact) mass is 287 g/mol. The van der Waals surface area contributed by atoms with E-state index < -0.39 is 5.82 Å². The first-order chi connectivity index (χ1) is 10.0. The maximum atomic E-state index is 13.7. The fourth-order valence-corrected chi connectivity index (χ4v) is 1.89. The molecule has 4 nitrogen and oxygen atoms in total. The van der Waals surface area contributed by atoms with Crippen molar-refractivity contribution >= 4 is 5.69 Å². The minimum atomic E-state index is -0.519. The van der Waals surface area contributed by atoms with Crippen LogP contribution in [0.2, 0.25) is 0 Å². The summed E-state index contributed by atoms with van der Waals surface area (Å²) in [6.45, 7) is 1.66. The molecule has 0 saturated heterocycles. The van der Waals surface area contributed by atoms with E-state index in [-0.39, 0.29) is 23.1 Å². The van der Waals surface area contributed by atoms with E-state index in [2.05, 4.69) is 10.1 Å². The number of benzene rings is 2. The first kappa shape index (κ1) is 13.2. The van der Waals surface area contributed by atoms with Crippen LogP contribution in [0.4, 0.5) is 14.5 Å². The molecule has 6 heteroatoms. The number of hydrogen-bond acceptors (Lipinski definition) is 4. The highest BCUT2D eigenvalue weighted by Crippen LogP contribution is 2.26. The minimum absolute atomic E-state index is 0.00390. The summed E-state index contributed by atoms with van der Waals surface area (Å²) in [4.78, 5) is 4.08. The molecule has 2 N–H and O–H groups in total. The molecule has 106 valence electrons. The molecule has 0 saturated carbocycles. The molecular weight excluding hydrogens is 276 g/mol. The Morgan fingerprint density at radius 2 is 1.86 bits per heavy atom. The van der Waals surface area contributed by atoms with Gasteiger partial charge in [-0.25, -0.2) is 8.78 Å². The van der Waals surface area contributed by atoms with Crippen LogP contribution >= 0.6 is 0 Å². The second kappa shape index (κ2) is 4.97. The SMILES string of the molecule is Cc1ccc(-c2noc(-c3cc(N)ccc3F)n2)cc1F. The summed E-state index contributed by atoms with van der Waals surface area (Å²) in [6, 6.07) is 8.65. The van der Waals surface area contributed by atoms with E-state index in [1.807, 2.05) is 0 Å². The van der Waals surface area contributed by atoms with Gasteiger partial charge in [-0.05, 0) is 36.8 Å². The molecule has 0 aliphatic rings. The number of nitrogen functional groups attached to an aromatic ring is 1. The van der Waals surface area contributed by atoms with Crippen molar-refractivity contribution in [3.8, 4) is 22.8 Å². The van der Waals surface area contributed by atoms with E-state index in [4.69, 9.17) is 10.3 Å². The van der Waals surface area contributed by atoms with Gasteiger partial charge in [0, 0.05) is 11.3 Å². The Morgan fingerprint density at radius 3 is 2.62 bits per heavy atom. The zero-order chi connectivity index (χ0) is 15.0. The second-order valence-electron chi connectivity index (χ2n) is 4.63. The predicted molar refractivity (Wildman–Crippen MR) is 74.2 cm³/mol. The molecule has 1 aromatic heterocycles. The van der Waals surface area contributed by atoms with Crippen molar-refractivity contribution in [2.75, 3.05) is 5.73 Å². The number of aryl methyl sites for hydroxylation is 1.